The van der Waals surface area contributed by atoms with Gasteiger partial charge in [0.25, 0.3) is 0 Å². The summed E-state index contributed by atoms with van der Waals surface area (Å²) in [4.78, 5) is 29.5. The van der Waals surface area contributed by atoms with Crippen molar-refractivity contribution in [2.75, 3.05) is 6.54 Å². The van der Waals surface area contributed by atoms with E-state index in [2.05, 4.69) is 0 Å². The van der Waals surface area contributed by atoms with Crippen molar-refractivity contribution in [2.24, 2.45) is 0 Å². The Kier molecular flexibility index (Phi) is 3.99. The van der Waals surface area contributed by atoms with E-state index in [0.29, 0.717) is 6.04 Å². The van der Waals surface area contributed by atoms with Crippen molar-refractivity contribution in [2.45, 2.75) is 82.8 Å². The Morgan fingerprint density at radius 3 is 2.35 bits per heavy atom. The van der Waals surface area contributed by atoms with Crippen molar-refractivity contribution >= 4 is 11.8 Å². The maximum Gasteiger partial charge on any atom is 0.246 e. The molecule has 4 nitrogen and oxygen atoms in total. The molecule has 0 radical (unpaired) electrons. The fourth-order valence-electron chi connectivity index (χ4n) is 4.25. The predicted molar refractivity (Wildman–Crippen MR) is 77.2 cm³/mol. The first-order valence-corrected chi connectivity index (χ1v) is 8.36. The highest BCUT2D eigenvalue weighted by molar-refractivity contribution is 5.97. The monoisotopic (exact) mass is 278 g/mol. The predicted octanol–water partition coefficient (Wildman–Crippen LogP) is 2.32. The van der Waals surface area contributed by atoms with Gasteiger partial charge in [-0.25, -0.2) is 0 Å². The van der Waals surface area contributed by atoms with Crippen molar-refractivity contribution in [1.29, 1.82) is 0 Å². The highest BCUT2D eigenvalue weighted by Crippen LogP contribution is 2.33. The zero-order valence-corrected chi connectivity index (χ0v) is 12.5. The molecular formula is C16H26N2O2. The molecule has 0 spiro atoms. The molecule has 1 aliphatic carbocycles. The Bertz CT molecular complexity index is 390. The van der Waals surface area contributed by atoms with Crippen LogP contribution >= 0.6 is 0 Å². The summed E-state index contributed by atoms with van der Waals surface area (Å²) in [7, 11) is 0. The lowest BCUT2D eigenvalue weighted by Gasteiger charge is -2.50. The Morgan fingerprint density at radius 1 is 0.950 bits per heavy atom. The first-order chi connectivity index (χ1) is 9.74. The third-order valence-corrected chi connectivity index (χ3v) is 5.30. The maximum absolute atomic E-state index is 12.9. The molecule has 1 saturated carbocycles. The molecule has 2 heterocycles. The largest absolute Gasteiger partial charge is 0.329 e. The minimum atomic E-state index is -0.194. The molecule has 4 heteroatoms. The number of carbonyl (C=O) groups is 2. The van der Waals surface area contributed by atoms with E-state index in [0.717, 1.165) is 45.1 Å². The number of amides is 2. The first-order valence-electron chi connectivity index (χ1n) is 8.36. The second-order valence-corrected chi connectivity index (χ2v) is 6.50. The average molecular weight is 278 g/mol. The van der Waals surface area contributed by atoms with Gasteiger partial charge in [0.05, 0.1) is 0 Å². The molecule has 0 aromatic rings. The topological polar surface area (TPSA) is 40.6 Å². The van der Waals surface area contributed by atoms with Crippen LogP contribution in [-0.2, 0) is 9.59 Å². The normalized spacial score (nSPS) is 32.5. The second-order valence-electron chi connectivity index (χ2n) is 6.50. The van der Waals surface area contributed by atoms with Crippen LogP contribution in [0.2, 0.25) is 0 Å². The molecule has 2 saturated heterocycles. The molecule has 2 atom stereocenters. The Hall–Kier alpha value is -1.06. The van der Waals surface area contributed by atoms with Crippen LogP contribution in [0, 0.1) is 0 Å². The molecule has 3 rings (SSSR count). The zero-order chi connectivity index (χ0) is 14.1. The van der Waals surface area contributed by atoms with E-state index in [1.54, 1.807) is 0 Å². The number of hydrogen-bond donors (Lipinski definition) is 0. The van der Waals surface area contributed by atoms with Gasteiger partial charge in [-0.2, -0.15) is 0 Å². The van der Waals surface area contributed by atoms with Crippen LogP contribution in [0.25, 0.3) is 0 Å². The Morgan fingerprint density at radius 2 is 1.65 bits per heavy atom. The lowest BCUT2D eigenvalue weighted by atomic mass is 9.88. The van der Waals surface area contributed by atoms with E-state index in [1.807, 2.05) is 16.7 Å². The zero-order valence-electron chi connectivity index (χ0n) is 12.5. The summed E-state index contributed by atoms with van der Waals surface area (Å²) in [5.74, 6) is 0.449. The molecule has 3 aliphatic rings. The molecule has 112 valence electrons. The van der Waals surface area contributed by atoms with E-state index in [9.17, 15) is 9.59 Å². The number of nitrogens with zero attached hydrogens (tertiary/aromatic N) is 2. The Balaban J connectivity index is 1.86. The van der Waals surface area contributed by atoms with Crippen molar-refractivity contribution in [1.82, 2.24) is 9.80 Å². The standard InChI is InChI=1S/C16H26N2O2/c1-2-13-15(19)17-11-7-6-10-14(17)16(20)18(13)12-8-4-3-5-9-12/h12-14H,2-11H2,1H3. The summed E-state index contributed by atoms with van der Waals surface area (Å²) >= 11 is 0. The quantitative estimate of drug-likeness (QED) is 0.778. The summed E-state index contributed by atoms with van der Waals surface area (Å²) in [5, 5.41) is 0. The van der Waals surface area contributed by atoms with Gasteiger partial charge in [0.2, 0.25) is 11.8 Å². The highest BCUT2D eigenvalue weighted by atomic mass is 16.2. The molecule has 0 bridgehead atoms. The van der Waals surface area contributed by atoms with Gasteiger partial charge in [0, 0.05) is 12.6 Å². The van der Waals surface area contributed by atoms with Gasteiger partial charge in [-0.15, -0.1) is 0 Å². The third-order valence-electron chi connectivity index (χ3n) is 5.30. The van der Waals surface area contributed by atoms with Crippen molar-refractivity contribution in [3.8, 4) is 0 Å². The number of piperazine rings is 1. The van der Waals surface area contributed by atoms with E-state index in [1.165, 1.54) is 19.3 Å². The molecule has 2 aliphatic heterocycles. The average Bonchev–Trinajstić information content (AvgIpc) is 2.51. The minimum Gasteiger partial charge on any atom is -0.329 e. The van der Waals surface area contributed by atoms with Gasteiger partial charge in [-0.05, 0) is 38.5 Å². The minimum absolute atomic E-state index is 0.152. The van der Waals surface area contributed by atoms with Gasteiger partial charge in [0.15, 0.2) is 0 Å². The maximum atomic E-state index is 12.9. The van der Waals surface area contributed by atoms with E-state index in [-0.39, 0.29) is 23.9 Å². The first kappa shape index (κ1) is 13.9. The van der Waals surface area contributed by atoms with Gasteiger partial charge < -0.3 is 9.80 Å². The number of fused-ring (bicyclic) bond motifs is 1. The molecule has 2 unspecified atom stereocenters. The van der Waals surface area contributed by atoms with Gasteiger partial charge in [-0.1, -0.05) is 26.2 Å². The molecule has 0 aromatic heterocycles. The van der Waals surface area contributed by atoms with Crippen molar-refractivity contribution in [3.63, 3.8) is 0 Å². The SMILES string of the molecule is CCC1C(=O)N2CCCCC2C(=O)N1C1CCCCC1. The fraction of sp³-hybridized carbons (Fsp3) is 0.875. The fourth-order valence-corrected chi connectivity index (χ4v) is 4.25. The molecule has 2 amide bonds. The number of hydrogen-bond acceptors (Lipinski definition) is 2. The lowest BCUT2D eigenvalue weighted by Crippen LogP contribution is -2.67. The second kappa shape index (κ2) is 5.74. The molecule has 0 aromatic carbocycles. The van der Waals surface area contributed by atoms with Crippen molar-refractivity contribution < 1.29 is 9.59 Å². The van der Waals surface area contributed by atoms with Gasteiger partial charge in [-0.3, -0.25) is 9.59 Å². The summed E-state index contributed by atoms with van der Waals surface area (Å²) in [6.07, 6.45) is 9.60. The summed E-state index contributed by atoms with van der Waals surface area (Å²) in [6, 6.07) is -0.0323. The number of piperidine rings is 1. The van der Waals surface area contributed by atoms with Gasteiger partial charge >= 0.3 is 0 Å². The van der Waals surface area contributed by atoms with Crippen LogP contribution in [0.4, 0.5) is 0 Å². The number of carbonyl (C=O) groups excluding carboxylic acids is 2. The highest BCUT2D eigenvalue weighted by Gasteiger charge is 2.47. The molecule has 20 heavy (non-hydrogen) atoms. The van der Waals surface area contributed by atoms with E-state index in [4.69, 9.17) is 0 Å². The number of rotatable bonds is 2. The van der Waals surface area contributed by atoms with Gasteiger partial charge in [0.1, 0.15) is 12.1 Å². The van der Waals surface area contributed by atoms with E-state index >= 15 is 0 Å². The summed E-state index contributed by atoms with van der Waals surface area (Å²) in [5.41, 5.74) is 0. The molecule has 3 fully saturated rings. The lowest BCUT2D eigenvalue weighted by molar-refractivity contribution is -0.167. The van der Waals surface area contributed by atoms with Crippen LogP contribution < -0.4 is 0 Å². The Labute approximate surface area is 121 Å². The van der Waals surface area contributed by atoms with Crippen LogP contribution in [0.5, 0.6) is 0 Å². The summed E-state index contributed by atoms with van der Waals surface area (Å²) in [6.45, 7) is 2.82. The van der Waals surface area contributed by atoms with Crippen LogP contribution in [-0.4, -0.2) is 46.3 Å². The smallest absolute Gasteiger partial charge is 0.246 e. The van der Waals surface area contributed by atoms with E-state index < -0.39 is 0 Å². The third kappa shape index (κ3) is 2.23. The van der Waals surface area contributed by atoms with Crippen LogP contribution in [0.3, 0.4) is 0 Å². The summed E-state index contributed by atoms with van der Waals surface area (Å²) < 4.78 is 0. The molecular weight excluding hydrogens is 252 g/mol. The van der Waals surface area contributed by atoms with Crippen LogP contribution in [0.1, 0.15) is 64.7 Å². The molecule has 0 N–H and O–H groups in total. The van der Waals surface area contributed by atoms with Crippen LogP contribution in [0.15, 0.2) is 0 Å². The van der Waals surface area contributed by atoms with Crippen molar-refractivity contribution in [3.05, 3.63) is 0 Å².